The van der Waals surface area contributed by atoms with Gasteiger partial charge in [0, 0.05) is 17.1 Å². The van der Waals surface area contributed by atoms with Gasteiger partial charge in [0.1, 0.15) is 6.61 Å². The van der Waals surface area contributed by atoms with Gasteiger partial charge in [-0.1, -0.05) is 58.1 Å². The number of alkyl halides is 1. The van der Waals surface area contributed by atoms with Crippen molar-refractivity contribution < 1.29 is 13.3 Å². The van der Waals surface area contributed by atoms with Crippen molar-refractivity contribution in [2.24, 2.45) is 5.16 Å². The Hall–Kier alpha value is -0.630. The first kappa shape index (κ1) is 14.4. The second-order valence-electron chi connectivity index (χ2n) is 3.46. The minimum atomic E-state index is -3.26. The molecule has 17 heavy (non-hydrogen) atoms. The van der Waals surface area contributed by atoms with Crippen LogP contribution in [0.2, 0.25) is 0 Å². The first-order valence-electron chi connectivity index (χ1n) is 5.03. The lowest BCUT2D eigenvalue weighted by Crippen LogP contribution is -2.14. The van der Waals surface area contributed by atoms with E-state index in [1.807, 2.05) is 30.3 Å². The molecule has 0 aliphatic rings. The SMILES string of the molecule is CS(=O)(=O)/C(CCI)=N/OCc1ccccc1. The molecule has 0 amide bonds. The maximum absolute atomic E-state index is 11.3. The van der Waals surface area contributed by atoms with Crippen LogP contribution in [-0.2, 0) is 21.3 Å². The second-order valence-corrected chi connectivity index (χ2v) is 6.55. The number of sulfone groups is 1. The summed E-state index contributed by atoms with van der Waals surface area (Å²) in [4.78, 5) is 5.07. The van der Waals surface area contributed by atoms with E-state index in [1.165, 1.54) is 0 Å². The summed E-state index contributed by atoms with van der Waals surface area (Å²) in [5.41, 5.74) is 0.957. The highest BCUT2D eigenvalue weighted by atomic mass is 127. The van der Waals surface area contributed by atoms with E-state index in [0.29, 0.717) is 10.8 Å². The first-order valence-corrected chi connectivity index (χ1v) is 8.44. The fourth-order valence-electron chi connectivity index (χ4n) is 1.13. The molecule has 0 radical (unpaired) electrons. The zero-order chi connectivity index (χ0) is 12.7. The van der Waals surface area contributed by atoms with E-state index < -0.39 is 9.84 Å². The van der Waals surface area contributed by atoms with Crippen molar-refractivity contribution >= 4 is 37.5 Å². The Balaban J connectivity index is 2.62. The van der Waals surface area contributed by atoms with Gasteiger partial charge in [-0.15, -0.1) is 0 Å². The first-order chi connectivity index (χ1) is 8.04. The summed E-state index contributed by atoms with van der Waals surface area (Å²) in [5, 5.41) is 3.80. The van der Waals surface area contributed by atoms with Gasteiger partial charge < -0.3 is 4.84 Å². The minimum absolute atomic E-state index is 0.0998. The Morgan fingerprint density at radius 3 is 2.53 bits per heavy atom. The van der Waals surface area contributed by atoms with Gasteiger partial charge in [-0.25, -0.2) is 8.42 Å². The summed E-state index contributed by atoms with van der Waals surface area (Å²) in [6, 6.07) is 9.49. The van der Waals surface area contributed by atoms with Crippen LogP contribution in [0.3, 0.4) is 0 Å². The third kappa shape index (κ3) is 5.49. The second kappa shape index (κ2) is 6.95. The highest BCUT2D eigenvalue weighted by Gasteiger charge is 2.13. The number of hydrogen-bond donors (Lipinski definition) is 0. The van der Waals surface area contributed by atoms with Gasteiger partial charge >= 0.3 is 0 Å². The summed E-state index contributed by atoms with van der Waals surface area (Å²) >= 11 is 2.11. The molecule has 0 aliphatic heterocycles. The van der Waals surface area contributed by atoms with E-state index in [2.05, 4.69) is 27.7 Å². The van der Waals surface area contributed by atoms with Crippen LogP contribution in [0.15, 0.2) is 35.5 Å². The van der Waals surface area contributed by atoms with E-state index in [-0.39, 0.29) is 11.7 Å². The zero-order valence-electron chi connectivity index (χ0n) is 9.47. The summed E-state index contributed by atoms with van der Waals surface area (Å²) in [7, 11) is -3.26. The molecule has 4 nitrogen and oxygen atoms in total. The highest BCUT2D eigenvalue weighted by molar-refractivity contribution is 14.1. The van der Waals surface area contributed by atoms with Crippen LogP contribution in [0.5, 0.6) is 0 Å². The number of hydrogen-bond acceptors (Lipinski definition) is 4. The summed E-state index contributed by atoms with van der Waals surface area (Å²) in [6.45, 7) is 0.279. The van der Waals surface area contributed by atoms with Gasteiger partial charge in [-0.05, 0) is 5.56 Å². The van der Waals surface area contributed by atoms with Crippen LogP contribution in [0.25, 0.3) is 0 Å². The Morgan fingerprint density at radius 1 is 1.35 bits per heavy atom. The van der Waals surface area contributed by atoms with Crippen molar-refractivity contribution in [1.29, 1.82) is 0 Å². The van der Waals surface area contributed by atoms with Crippen LogP contribution >= 0.6 is 22.6 Å². The van der Waals surface area contributed by atoms with E-state index in [1.54, 1.807) is 0 Å². The number of benzene rings is 1. The smallest absolute Gasteiger partial charge is 0.192 e. The average Bonchev–Trinajstić information content (AvgIpc) is 2.28. The summed E-state index contributed by atoms with van der Waals surface area (Å²) in [5.74, 6) is 0. The lowest BCUT2D eigenvalue weighted by molar-refractivity contribution is 0.131. The predicted molar refractivity (Wildman–Crippen MR) is 77.0 cm³/mol. The van der Waals surface area contributed by atoms with Crippen LogP contribution in [-0.4, -0.2) is 24.1 Å². The van der Waals surface area contributed by atoms with E-state index in [4.69, 9.17) is 4.84 Å². The largest absolute Gasteiger partial charge is 0.390 e. The molecule has 0 N–H and O–H groups in total. The van der Waals surface area contributed by atoms with Crippen LogP contribution in [0, 0.1) is 0 Å². The van der Waals surface area contributed by atoms with Crippen molar-refractivity contribution in [2.75, 3.05) is 10.7 Å². The molecular weight excluding hydrogens is 353 g/mol. The summed E-state index contributed by atoms with van der Waals surface area (Å²) in [6.07, 6.45) is 1.54. The fraction of sp³-hybridized carbons (Fsp3) is 0.364. The molecule has 1 aromatic carbocycles. The number of nitrogens with zero attached hydrogens (tertiary/aromatic N) is 1. The van der Waals surface area contributed by atoms with Gasteiger partial charge in [0.15, 0.2) is 14.9 Å². The third-order valence-electron chi connectivity index (χ3n) is 1.98. The standard InChI is InChI=1S/C11H14INO3S/c1-17(14,15)11(7-8-12)13-16-9-10-5-3-2-4-6-10/h2-6H,7-9H2,1H3/b13-11+. The van der Waals surface area contributed by atoms with Crippen LogP contribution < -0.4 is 0 Å². The molecule has 0 aromatic heterocycles. The van der Waals surface area contributed by atoms with Gasteiger partial charge in [0.25, 0.3) is 0 Å². The molecule has 0 bridgehead atoms. The molecule has 0 spiro atoms. The van der Waals surface area contributed by atoms with Gasteiger partial charge in [0.2, 0.25) is 0 Å². The molecule has 0 saturated carbocycles. The van der Waals surface area contributed by atoms with Crippen molar-refractivity contribution in [3.63, 3.8) is 0 Å². The number of halogens is 1. The van der Waals surface area contributed by atoms with E-state index in [0.717, 1.165) is 11.8 Å². The quantitative estimate of drug-likeness (QED) is 0.264. The molecule has 0 fully saturated rings. The van der Waals surface area contributed by atoms with Crippen molar-refractivity contribution in [1.82, 2.24) is 0 Å². The number of rotatable bonds is 5. The van der Waals surface area contributed by atoms with Crippen molar-refractivity contribution in [2.45, 2.75) is 13.0 Å². The fourth-order valence-corrected chi connectivity index (χ4v) is 2.67. The topological polar surface area (TPSA) is 55.7 Å². The minimum Gasteiger partial charge on any atom is -0.390 e. The molecule has 94 valence electrons. The lowest BCUT2D eigenvalue weighted by atomic mass is 10.2. The average molecular weight is 367 g/mol. The Morgan fingerprint density at radius 2 is 2.00 bits per heavy atom. The molecule has 1 rings (SSSR count). The molecule has 1 aromatic rings. The van der Waals surface area contributed by atoms with E-state index >= 15 is 0 Å². The maximum atomic E-state index is 11.3. The van der Waals surface area contributed by atoms with Crippen LogP contribution in [0.4, 0.5) is 0 Å². The van der Waals surface area contributed by atoms with Gasteiger partial charge in [0.05, 0.1) is 0 Å². The van der Waals surface area contributed by atoms with Crippen molar-refractivity contribution in [3.8, 4) is 0 Å². The molecule has 0 unspecified atom stereocenters. The van der Waals surface area contributed by atoms with Crippen LogP contribution in [0.1, 0.15) is 12.0 Å². The molecular formula is C11H14INO3S. The Bertz CT molecular complexity index is 471. The summed E-state index contributed by atoms with van der Waals surface area (Å²) < 4.78 is 23.4. The Labute approximate surface area is 115 Å². The number of oxime groups is 1. The third-order valence-corrected chi connectivity index (χ3v) is 3.65. The normalized spacial score (nSPS) is 12.5. The maximum Gasteiger partial charge on any atom is 0.192 e. The molecule has 6 heteroatoms. The monoisotopic (exact) mass is 367 g/mol. The molecule has 0 heterocycles. The zero-order valence-corrected chi connectivity index (χ0v) is 12.4. The Kier molecular flexibility index (Phi) is 5.90. The predicted octanol–water partition coefficient (Wildman–Crippen LogP) is 2.39. The van der Waals surface area contributed by atoms with E-state index in [9.17, 15) is 8.42 Å². The van der Waals surface area contributed by atoms with Crippen molar-refractivity contribution in [3.05, 3.63) is 35.9 Å². The van der Waals surface area contributed by atoms with Gasteiger partial charge in [-0.3, -0.25) is 0 Å². The molecule has 0 aliphatic carbocycles. The lowest BCUT2D eigenvalue weighted by Gasteiger charge is -2.03. The highest BCUT2D eigenvalue weighted by Crippen LogP contribution is 2.04. The molecule has 0 atom stereocenters. The molecule has 0 saturated heterocycles. The van der Waals surface area contributed by atoms with Gasteiger partial charge in [-0.2, -0.15) is 0 Å².